The molecule has 4 unspecified atom stereocenters. The van der Waals surface area contributed by atoms with Gasteiger partial charge in [-0.1, -0.05) is 60.7 Å². The van der Waals surface area contributed by atoms with Gasteiger partial charge in [0.25, 0.3) is 0 Å². The minimum Gasteiger partial charge on any atom is -0.508 e. The highest BCUT2D eigenvalue weighted by molar-refractivity contribution is 5.95. The molecule has 46 heavy (non-hydrogen) atoms. The van der Waals surface area contributed by atoms with E-state index >= 15 is 0 Å². The Morgan fingerprint density at radius 1 is 0.891 bits per heavy atom. The fraction of sp³-hybridized carbons (Fsp3) is 0.333. The second-order valence-electron chi connectivity index (χ2n) is 12.0. The molecule has 3 aromatic carbocycles. The highest BCUT2D eigenvalue weighted by Gasteiger charge is 2.32. The number of Topliss-reactive ketones (excluding diaryl/α,β-unsaturated/α-hetero) is 1. The number of nitrogens with two attached hydrogens (primary N) is 1. The monoisotopic (exact) mass is 623 g/mol. The predicted octanol–water partition coefficient (Wildman–Crippen LogP) is 3.07. The number of fused-ring (bicyclic) bond motifs is 1. The van der Waals surface area contributed by atoms with Crippen LogP contribution >= 0.6 is 0 Å². The van der Waals surface area contributed by atoms with Crippen molar-refractivity contribution in [1.82, 2.24) is 20.9 Å². The molecule has 1 fully saturated rings. The Labute approximate surface area is 268 Å². The van der Waals surface area contributed by atoms with E-state index in [4.69, 9.17) is 5.73 Å². The minimum absolute atomic E-state index is 0.116. The van der Waals surface area contributed by atoms with E-state index in [1.165, 1.54) is 12.1 Å². The van der Waals surface area contributed by atoms with E-state index in [0.717, 1.165) is 27.6 Å². The molecule has 1 aliphatic rings. The van der Waals surface area contributed by atoms with Gasteiger partial charge in [-0.2, -0.15) is 0 Å². The quantitative estimate of drug-likeness (QED) is 0.176. The number of H-pyrrole nitrogens is 1. The van der Waals surface area contributed by atoms with Gasteiger partial charge in [0.1, 0.15) is 11.8 Å². The summed E-state index contributed by atoms with van der Waals surface area (Å²) >= 11 is 0. The number of aromatic hydroxyl groups is 1. The van der Waals surface area contributed by atoms with Crippen molar-refractivity contribution in [3.63, 3.8) is 0 Å². The molecule has 10 heteroatoms. The van der Waals surface area contributed by atoms with Gasteiger partial charge in [0, 0.05) is 42.4 Å². The lowest BCUT2D eigenvalue weighted by Crippen LogP contribution is -2.51. The molecule has 4 atom stereocenters. The summed E-state index contributed by atoms with van der Waals surface area (Å²) in [5.41, 5.74) is 9.71. The minimum atomic E-state index is -0.912. The topological polar surface area (TPSA) is 166 Å². The van der Waals surface area contributed by atoms with Crippen molar-refractivity contribution in [3.05, 3.63) is 102 Å². The van der Waals surface area contributed by atoms with Gasteiger partial charge in [0.2, 0.25) is 17.7 Å². The Hall–Kier alpha value is -4.96. The van der Waals surface area contributed by atoms with Gasteiger partial charge in [0.15, 0.2) is 5.78 Å². The highest BCUT2D eigenvalue weighted by Crippen LogP contribution is 2.24. The number of hydrogen-bond acceptors (Lipinski definition) is 6. The van der Waals surface area contributed by atoms with Crippen LogP contribution in [0, 0.1) is 5.92 Å². The number of benzene rings is 3. The molecule has 4 aromatic rings. The molecule has 1 aromatic heterocycles. The van der Waals surface area contributed by atoms with Crippen LogP contribution < -0.4 is 21.7 Å². The van der Waals surface area contributed by atoms with Crippen molar-refractivity contribution < 1.29 is 24.3 Å². The number of para-hydroxylation sites is 1. The number of rotatable bonds is 8. The van der Waals surface area contributed by atoms with Gasteiger partial charge in [-0.05, 0) is 67.0 Å². The fourth-order valence-electron chi connectivity index (χ4n) is 5.94. The van der Waals surface area contributed by atoms with Crippen LogP contribution in [0.3, 0.4) is 0 Å². The lowest BCUT2D eigenvalue weighted by Gasteiger charge is -2.24. The Kier molecular flexibility index (Phi) is 10.8. The number of amides is 3. The van der Waals surface area contributed by atoms with E-state index in [1.807, 2.05) is 60.8 Å². The van der Waals surface area contributed by atoms with Crippen molar-refractivity contribution in [3.8, 4) is 5.75 Å². The molecule has 0 aliphatic carbocycles. The molecule has 0 saturated carbocycles. The molecular weight excluding hydrogens is 582 g/mol. The summed E-state index contributed by atoms with van der Waals surface area (Å²) in [4.78, 5) is 57.6. The summed E-state index contributed by atoms with van der Waals surface area (Å²) in [5, 5.41) is 19.3. The SMILES string of the molecule is NC(Cc1ccc(O)cc1)C(=O)NC1CCCCNC(=O)C(Cc2ccccc2)NC(=O)C(Cc2c[nH]c3ccccc23)CC1=O. The van der Waals surface area contributed by atoms with Gasteiger partial charge in [-0.25, -0.2) is 0 Å². The van der Waals surface area contributed by atoms with Crippen LogP contribution in [-0.4, -0.2) is 58.3 Å². The predicted molar refractivity (Wildman–Crippen MR) is 176 cm³/mol. The first-order chi connectivity index (χ1) is 22.3. The number of ketones is 1. The lowest BCUT2D eigenvalue weighted by atomic mass is 9.89. The Bertz CT molecular complexity index is 1650. The smallest absolute Gasteiger partial charge is 0.242 e. The summed E-state index contributed by atoms with van der Waals surface area (Å²) in [7, 11) is 0. The third-order valence-corrected chi connectivity index (χ3v) is 8.53. The standard InChI is InChI=1S/C36H41N5O5/c37-29(18-24-13-15-27(42)16-14-24)35(45)40-31-12-6-7-17-38-36(46)32(19-23-8-2-1-3-9-23)41-34(44)25(21-33(31)43)20-26-22-39-30-11-5-4-10-28(26)30/h1-5,8-11,13-16,22,25,29,31-32,39,42H,6-7,12,17-21,37H2,(H,38,46)(H,40,45)(H,41,44). The second kappa shape index (κ2) is 15.4. The number of hydrogen-bond donors (Lipinski definition) is 6. The number of nitrogens with one attached hydrogen (secondary N) is 4. The zero-order valence-electron chi connectivity index (χ0n) is 25.7. The molecule has 2 heterocycles. The number of phenols is 1. The van der Waals surface area contributed by atoms with Crippen LogP contribution in [0.4, 0.5) is 0 Å². The Morgan fingerprint density at radius 3 is 2.41 bits per heavy atom. The molecule has 1 saturated heterocycles. The van der Waals surface area contributed by atoms with Crippen molar-refractivity contribution in [1.29, 1.82) is 0 Å². The van der Waals surface area contributed by atoms with Crippen LogP contribution in [0.25, 0.3) is 10.9 Å². The van der Waals surface area contributed by atoms with Gasteiger partial charge >= 0.3 is 0 Å². The molecular formula is C36H41N5O5. The maximum atomic E-state index is 14.0. The number of carbonyl (C=O) groups is 4. The first-order valence-electron chi connectivity index (χ1n) is 15.8. The second-order valence-corrected chi connectivity index (χ2v) is 12.0. The van der Waals surface area contributed by atoms with Crippen molar-refractivity contribution in [2.24, 2.45) is 11.7 Å². The van der Waals surface area contributed by atoms with Gasteiger partial charge in [0.05, 0.1) is 12.1 Å². The van der Waals surface area contributed by atoms with Crippen molar-refractivity contribution in [2.75, 3.05) is 6.54 Å². The van der Waals surface area contributed by atoms with E-state index in [9.17, 15) is 24.3 Å². The summed E-state index contributed by atoms with van der Waals surface area (Å²) < 4.78 is 0. The van der Waals surface area contributed by atoms with E-state index < -0.39 is 35.9 Å². The molecule has 7 N–H and O–H groups in total. The van der Waals surface area contributed by atoms with Crippen LogP contribution in [0.5, 0.6) is 5.75 Å². The third-order valence-electron chi connectivity index (χ3n) is 8.53. The van der Waals surface area contributed by atoms with Gasteiger partial charge in [-0.15, -0.1) is 0 Å². The first kappa shape index (κ1) is 32.4. The fourth-order valence-corrected chi connectivity index (χ4v) is 5.94. The highest BCUT2D eigenvalue weighted by atomic mass is 16.3. The molecule has 5 rings (SSSR count). The molecule has 0 bridgehead atoms. The normalized spacial score (nSPS) is 20.5. The van der Waals surface area contributed by atoms with Crippen LogP contribution in [0.15, 0.2) is 85.1 Å². The average Bonchev–Trinajstić information content (AvgIpc) is 3.47. The van der Waals surface area contributed by atoms with E-state index in [0.29, 0.717) is 32.2 Å². The summed E-state index contributed by atoms with van der Waals surface area (Å²) in [5.74, 6) is -2.08. The maximum Gasteiger partial charge on any atom is 0.242 e. The molecule has 10 nitrogen and oxygen atoms in total. The Balaban J connectivity index is 1.37. The number of aromatic amines is 1. The third kappa shape index (κ3) is 8.60. The number of aromatic nitrogens is 1. The molecule has 0 radical (unpaired) electrons. The van der Waals surface area contributed by atoms with Crippen LogP contribution in [0.2, 0.25) is 0 Å². The molecule has 240 valence electrons. The van der Waals surface area contributed by atoms with Crippen molar-refractivity contribution in [2.45, 2.75) is 63.1 Å². The number of phenolic OH excluding ortho intramolecular Hbond substituents is 1. The first-order valence-corrected chi connectivity index (χ1v) is 15.8. The largest absolute Gasteiger partial charge is 0.508 e. The zero-order valence-corrected chi connectivity index (χ0v) is 25.7. The van der Waals surface area contributed by atoms with Crippen molar-refractivity contribution >= 4 is 34.4 Å². The summed E-state index contributed by atoms with van der Waals surface area (Å²) in [6, 6.07) is 21.1. The summed E-state index contributed by atoms with van der Waals surface area (Å²) in [6.07, 6.45) is 4.04. The molecule has 0 spiro atoms. The summed E-state index contributed by atoms with van der Waals surface area (Å²) in [6.45, 7) is 0.369. The van der Waals surface area contributed by atoms with Crippen LogP contribution in [-0.2, 0) is 38.4 Å². The van der Waals surface area contributed by atoms with Gasteiger partial charge < -0.3 is 31.8 Å². The van der Waals surface area contributed by atoms with Crippen LogP contribution in [0.1, 0.15) is 42.4 Å². The number of carbonyl (C=O) groups excluding carboxylic acids is 4. The van der Waals surface area contributed by atoms with Gasteiger partial charge in [-0.3, -0.25) is 19.2 Å². The van der Waals surface area contributed by atoms with E-state index in [2.05, 4.69) is 20.9 Å². The molecule has 1 aliphatic heterocycles. The van der Waals surface area contributed by atoms with E-state index in [-0.39, 0.29) is 36.7 Å². The zero-order chi connectivity index (χ0) is 32.5. The lowest BCUT2D eigenvalue weighted by molar-refractivity contribution is -0.134. The average molecular weight is 624 g/mol. The van der Waals surface area contributed by atoms with E-state index in [1.54, 1.807) is 12.1 Å². The maximum absolute atomic E-state index is 14.0. The molecule has 3 amide bonds. The Morgan fingerprint density at radius 2 is 1.63 bits per heavy atom.